The summed E-state index contributed by atoms with van der Waals surface area (Å²) < 4.78 is 0. The first-order valence-corrected chi connectivity index (χ1v) is 8.16. The lowest BCUT2D eigenvalue weighted by molar-refractivity contribution is 0.134. The molecule has 1 heterocycles. The molecule has 0 bridgehead atoms. The summed E-state index contributed by atoms with van der Waals surface area (Å²) in [7, 11) is 0. The molecule has 0 aromatic carbocycles. The third-order valence-corrected chi connectivity index (χ3v) is 4.58. The van der Waals surface area contributed by atoms with Gasteiger partial charge in [0.1, 0.15) is 0 Å². The van der Waals surface area contributed by atoms with Crippen LogP contribution < -0.4 is 5.32 Å². The van der Waals surface area contributed by atoms with Gasteiger partial charge in [0.05, 0.1) is 0 Å². The van der Waals surface area contributed by atoms with E-state index in [9.17, 15) is 4.79 Å². The largest absolute Gasteiger partial charge is 0.396 e. The number of piperidine rings is 1. The van der Waals surface area contributed by atoms with Crippen LogP contribution in [-0.2, 0) is 0 Å². The standard InChI is InChI=1S/C16H28N2O2/c19-13-10-15-8-4-5-12-18(15)16(20)17-11-9-14-6-2-1-3-7-14/h9,11,14-15,19H,1-8,10,12-13H2,(H,17,20)/b11-9+. The van der Waals surface area contributed by atoms with Crippen LogP contribution in [0.5, 0.6) is 0 Å². The first-order valence-electron chi connectivity index (χ1n) is 8.16. The van der Waals surface area contributed by atoms with Crippen LogP contribution in [0.3, 0.4) is 0 Å². The SMILES string of the molecule is O=C(N/C=C/C1CCCCC1)N1CCCCC1CCO. The van der Waals surface area contributed by atoms with Gasteiger partial charge in [-0.05, 0) is 44.4 Å². The number of carbonyl (C=O) groups excluding carboxylic acids is 1. The summed E-state index contributed by atoms with van der Waals surface area (Å²) in [5.74, 6) is 0.638. The van der Waals surface area contributed by atoms with Crippen LogP contribution in [0, 0.1) is 5.92 Å². The number of allylic oxidation sites excluding steroid dienone is 1. The van der Waals surface area contributed by atoms with Crippen LogP contribution in [0.15, 0.2) is 12.3 Å². The van der Waals surface area contributed by atoms with Crippen molar-refractivity contribution in [3.63, 3.8) is 0 Å². The van der Waals surface area contributed by atoms with E-state index in [1.807, 2.05) is 11.1 Å². The van der Waals surface area contributed by atoms with Crippen molar-refractivity contribution >= 4 is 6.03 Å². The Morgan fingerprint density at radius 2 is 1.90 bits per heavy atom. The fourth-order valence-corrected chi connectivity index (χ4v) is 3.38. The summed E-state index contributed by atoms with van der Waals surface area (Å²) in [6.45, 7) is 0.972. The van der Waals surface area contributed by atoms with Crippen molar-refractivity contribution in [2.45, 2.75) is 63.8 Å². The monoisotopic (exact) mass is 280 g/mol. The third kappa shape index (κ3) is 4.51. The van der Waals surface area contributed by atoms with E-state index >= 15 is 0 Å². The van der Waals surface area contributed by atoms with Gasteiger partial charge in [0.15, 0.2) is 0 Å². The topological polar surface area (TPSA) is 52.6 Å². The van der Waals surface area contributed by atoms with Crippen molar-refractivity contribution < 1.29 is 9.90 Å². The van der Waals surface area contributed by atoms with Gasteiger partial charge < -0.3 is 15.3 Å². The van der Waals surface area contributed by atoms with E-state index in [0.29, 0.717) is 12.3 Å². The summed E-state index contributed by atoms with van der Waals surface area (Å²) >= 11 is 0. The second kappa shape index (κ2) is 8.30. The highest BCUT2D eigenvalue weighted by molar-refractivity contribution is 5.75. The molecule has 2 rings (SSSR count). The fraction of sp³-hybridized carbons (Fsp3) is 0.812. The summed E-state index contributed by atoms with van der Waals surface area (Å²) in [6.07, 6.45) is 14.4. The number of carbonyl (C=O) groups is 1. The van der Waals surface area contributed by atoms with Gasteiger partial charge in [-0.1, -0.05) is 25.3 Å². The molecule has 1 saturated carbocycles. The smallest absolute Gasteiger partial charge is 0.321 e. The van der Waals surface area contributed by atoms with Crippen molar-refractivity contribution in [2.24, 2.45) is 5.92 Å². The zero-order chi connectivity index (χ0) is 14.2. The third-order valence-electron chi connectivity index (χ3n) is 4.58. The molecule has 1 aliphatic carbocycles. The van der Waals surface area contributed by atoms with Crippen LogP contribution in [0.4, 0.5) is 4.79 Å². The quantitative estimate of drug-likeness (QED) is 0.831. The first-order chi connectivity index (χ1) is 9.81. The highest BCUT2D eigenvalue weighted by atomic mass is 16.3. The molecule has 2 amide bonds. The Balaban J connectivity index is 1.78. The molecule has 2 fully saturated rings. The summed E-state index contributed by atoms with van der Waals surface area (Å²) in [5.41, 5.74) is 0. The minimum atomic E-state index is -0.00444. The van der Waals surface area contributed by atoms with E-state index in [4.69, 9.17) is 5.11 Å². The number of nitrogens with zero attached hydrogens (tertiary/aromatic N) is 1. The van der Waals surface area contributed by atoms with Gasteiger partial charge in [-0.3, -0.25) is 0 Å². The Hall–Kier alpha value is -1.03. The van der Waals surface area contributed by atoms with Crippen molar-refractivity contribution in [1.82, 2.24) is 10.2 Å². The number of urea groups is 1. The molecule has 20 heavy (non-hydrogen) atoms. The maximum Gasteiger partial charge on any atom is 0.321 e. The number of nitrogens with one attached hydrogen (secondary N) is 1. The van der Waals surface area contributed by atoms with E-state index in [1.54, 1.807) is 0 Å². The number of likely N-dealkylation sites (tertiary alicyclic amines) is 1. The highest BCUT2D eigenvalue weighted by Gasteiger charge is 2.25. The van der Waals surface area contributed by atoms with Gasteiger partial charge in [-0.25, -0.2) is 4.79 Å². The molecule has 4 heteroatoms. The minimum absolute atomic E-state index is 0.00444. The Labute approximate surface area is 122 Å². The van der Waals surface area contributed by atoms with E-state index in [-0.39, 0.29) is 18.7 Å². The van der Waals surface area contributed by atoms with Crippen LogP contribution in [-0.4, -0.2) is 35.2 Å². The average Bonchev–Trinajstić information content (AvgIpc) is 2.49. The van der Waals surface area contributed by atoms with Crippen molar-refractivity contribution in [2.75, 3.05) is 13.2 Å². The molecule has 0 aromatic rings. The predicted molar refractivity (Wildman–Crippen MR) is 80.3 cm³/mol. The Bertz CT molecular complexity index is 322. The van der Waals surface area contributed by atoms with E-state index in [1.165, 1.54) is 32.1 Å². The van der Waals surface area contributed by atoms with E-state index in [2.05, 4.69) is 11.4 Å². The summed E-state index contributed by atoms with van der Waals surface area (Å²) in [4.78, 5) is 14.1. The number of amides is 2. The zero-order valence-corrected chi connectivity index (χ0v) is 12.4. The first kappa shape index (κ1) is 15.4. The lowest BCUT2D eigenvalue weighted by Gasteiger charge is -2.35. The Kier molecular flexibility index (Phi) is 6.37. The summed E-state index contributed by atoms with van der Waals surface area (Å²) in [5, 5.41) is 12.0. The van der Waals surface area contributed by atoms with Crippen molar-refractivity contribution in [3.05, 3.63) is 12.3 Å². The summed E-state index contributed by atoms with van der Waals surface area (Å²) in [6, 6.07) is 0.201. The van der Waals surface area contributed by atoms with Crippen molar-refractivity contribution in [3.8, 4) is 0 Å². The molecule has 1 saturated heterocycles. The second-order valence-electron chi connectivity index (χ2n) is 6.06. The molecular weight excluding hydrogens is 252 g/mol. The number of hydrogen-bond donors (Lipinski definition) is 2. The molecule has 0 spiro atoms. The van der Waals surface area contributed by atoms with Crippen LogP contribution in [0.2, 0.25) is 0 Å². The molecule has 2 aliphatic rings. The molecule has 114 valence electrons. The van der Waals surface area contributed by atoms with Gasteiger partial charge in [0, 0.05) is 25.4 Å². The number of aliphatic hydroxyl groups excluding tert-OH is 1. The molecule has 1 unspecified atom stereocenters. The molecule has 4 nitrogen and oxygen atoms in total. The van der Waals surface area contributed by atoms with Gasteiger partial charge in [-0.15, -0.1) is 0 Å². The number of aliphatic hydroxyl groups is 1. The Morgan fingerprint density at radius 3 is 2.65 bits per heavy atom. The normalized spacial score (nSPS) is 25.1. The van der Waals surface area contributed by atoms with Crippen molar-refractivity contribution in [1.29, 1.82) is 0 Å². The lowest BCUT2D eigenvalue weighted by Crippen LogP contribution is -2.47. The molecule has 1 aliphatic heterocycles. The maximum absolute atomic E-state index is 12.2. The molecule has 1 atom stereocenters. The van der Waals surface area contributed by atoms with Crippen LogP contribution in [0.25, 0.3) is 0 Å². The van der Waals surface area contributed by atoms with Crippen LogP contribution in [0.1, 0.15) is 57.8 Å². The van der Waals surface area contributed by atoms with E-state index < -0.39 is 0 Å². The molecule has 0 radical (unpaired) electrons. The Morgan fingerprint density at radius 1 is 1.15 bits per heavy atom. The van der Waals surface area contributed by atoms with Gasteiger partial charge in [-0.2, -0.15) is 0 Å². The lowest BCUT2D eigenvalue weighted by atomic mass is 9.89. The molecular formula is C16H28N2O2. The van der Waals surface area contributed by atoms with E-state index in [0.717, 1.165) is 25.8 Å². The number of hydrogen-bond acceptors (Lipinski definition) is 2. The second-order valence-corrected chi connectivity index (χ2v) is 6.06. The average molecular weight is 280 g/mol. The maximum atomic E-state index is 12.2. The zero-order valence-electron chi connectivity index (χ0n) is 12.4. The number of rotatable bonds is 4. The predicted octanol–water partition coefficient (Wildman–Crippen LogP) is 3.03. The van der Waals surface area contributed by atoms with Gasteiger partial charge in [0.2, 0.25) is 0 Å². The van der Waals surface area contributed by atoms with Gasteiger partial charge in [0.25, 0.3) is 0 Å². The molecule has 0 aromatic heterocycles. The highest BCUT2D eigenvalue weighted by Crippen LogP contribution is 2.24. The minimum Gasteiger partial charge on any atom is -0.396 e. The molecule has 2 N–H and O–H groups in total. The van der Waals surface area contributed by atoms with Crippen LogP contribution >= 0.6 is 0 Å². The fourth-order valence-electron chi connectivity index (χ4n) is 3.38. The van der Waals surface area contributed by atoms with Gasteiger partial charge >= 0.3 is 6.03 Å².